The molecule has 0 atom stereocenters. The third-order valence-corrected chi connectivity index (χ3v) is 6.50. The lowest BCUT2D eigenvalue weighted by molar-refractivity contribution is 0.0751. The van der Waals surface area contributed by atoms with Crippen molar-refractivity contribution in [3.05, 3.63) is 62.5 Å². The SMILES string of the molecule is Cc1ccc(Nc2cc(N3CCN(C(=O)c4cc(Br)cs4)CC3)nc(C)n2)cc1. The van der Waals surface area contributed by atoms with Crippen LogP contribution < -0.4 is 10.2 Å². The summed E-state index contributed by atoms with van der Waals surface area (Å²) >= 11 is 4.89. The number of carbonyl (C=O) groups is 1. The van der Waals surface area contributed by atoms with Crippen molar-refractivity contribution in [2.45, 2.75) is 13.8 Å². The number of thiophene rings is 1. The van der Waals surface area contributed by atoms with Crippen molar-refractivity contribution >= 4 is 50.5 Å². The summed E-state index contributed by atoms with van der Waals surface area (Å²) in [6.07, 6.45) is 0. The molecule has 1 aliphatic heterocycles. The maximum absolute atomic E-state index is 12.7. The molecule has 0 saturated carbocycles. The van der Waals surface area contributed by atoms with E-state index in [1.807, 2.05) is 41.5 Å². The largest absolute Gasteiger partial charge is 0.353 e. The molecule has 1 aliphatic rings. The monoisotopic (exact) mass is 471 g/mol. The van der Waals surface area contributed by atoms with Gasteiger partial charge in [-0.3, -0.25) is 4.79 Å². The molecule has 0 spiro atoms. The number of aromatic nitrogens is 2. The van der Waals surface area contributed by atoms with Crippen LogP contribution in [0.15, 0.2) is 46.3 Å². The van der Waals surface area contributed by atoms with Gasteiger partial charge in [-0.25, -0.2) is 9.97 Å². The van der Waals surface area contributed by atoms with Crippen molar-refractivity contribution in [3.8, 4) is 0 Å². The van der Waals surface area contributed by atoms with Gasteiger partial charge in [-0.05, 0) is 48.0 Å². The number of nitrogens with zero attached hydrogens (tertiary/aromatic N) is 4. The quantitative estimate of drug-likeness (QED) is 0.601. The van der Waals surface area contributed by atoms with Crippen molar-refractivity contribution in [1.29, 1.82) is 0 Å². The number of rotatable bonds is 4. The Morgan fingerprint density at radius 3 is 2.45 bits per heavy atom. The molecular formula is C21H22BrN5OS. The zero-order valence-corrected chi connectivity index (χ0v) is 18.8. The highest BCUT2D eigenvalue weighted by atomic mass is 79.9. The maximum atomic E-state index is 12.7. The Morgan fingerprint density at radius 1 is 1.07 bits per heavy atom. The van der Waals surface area contributed by atoms with Crippen LogP contribution in [0.2, 0.25) is 0 Å². The first kappa shape index (κ1) is 19.8. The summed E-state index contributed by atoms with van der Waals surface area (Å²) in [6, 6.07) is 12.1. The van der Waals surface area contributed by atoms with Crippen molar-refractivity contribution in [2.24, 2.45) is 0 Å². The van der Waals surface area contributed by atoms with Gasteiger partial charge in [0.1, 0.15) is 17.5 Å². The molecule has 0 bridgehead atoms. The predicted molar refractivity (Wildman–Crippen MR) is 121 cm³/mol. The molecule has 1 N–H and O–H groups in total. The molecule has 0 radical (unpaired) electrons. The fourth-order valence-corrected chi connectivity index (χ4v) is 4.68. The lowest BCUT2D eigenvalue weighted by atomic mass is 10.2. The number of hydrogen-bond donors (Lipinski definition) is 1. The molecular weight excluding hydrogens is 450 g/mol. The third kappa shape index (κ3) is 4.76. The Hall–Kier alpha value is -2.45. The average Bonchev–Trinajstić information content (AvgIpc) is 3.15. The Morgan fingerprint density at radius 2 is 1.79 bits per heavy atom. The summed E-state index contributed by atoms with van der Waals surface area (Å²) in [5.41, 5.74) is 2.22. The van der Waals surface area contributed by atoms with E-state index in [2.05, 4.69) is 55.2 Å². The van der Waals surface area contributed by atoms with Crippen LogP contribution in [0.1, 0.15) is 21.1 Å². The number of halogens is 1. The molecule has 0 aliphatic carbocycles. The number of benzene rings is 1. The van der Waals surface area contributed by atoms with E-state index in [-0.39, 0.29) is 5.91 Å². The molecule has 3 aromatic rings. The molecule has 1 aromatic carbocycles. The normalized spacial score (nSPS) is 14.2. The van der Waals surface area contributed by atoms with Gasteiger partial charge < -0.3 is 15.1 Å². The van der Waals surface area contributed by atoms with Crippen LogP contribution in [-0.2, 0) is 0 Å². The highest BCUT2D eigenvalue weighted by molar-refractivity contribution is 9.10. The molecule has 2 aromatic heterocycles. The number of anilines is 3. The standard InChI is InChI=1S/C21H22BrN5OS/c1-14-3-5-17(6-4-14)25-19-12-20(24-15(2)23-19)26-7-9-27(10-8-26)21(28)18-11-16(22)13-29-18/h3-6,11-13H,7-10H2,1-2H3,(H,23,24,25). The van der Waals surface area contributed by atoms with Crippen LogP contribution in [0.5, 0.6) is 0 Å². The van der Waals surface area contributed by atoms with Gasteiger partial charge in [-0.15, -0.1) is 11.3 Å². The average molecular weight is 472 g/mol. The molecule has 1 amide bonds. The molecule has 0 unspecified atom stereocenters. The Bertz CT molecular complexity index is 1010. The zero-order chi connectivity index (χ0) is 20.4. The van der Waals surface area contributed by atoms with E-state index >= 15 is 0 Å². The summed E-state index contributed by atoms with van der Waals surface area (Å²) in [5.74, 6) is 2.48. The second-order valence-corrected chi connectivity index (χ2v) is 8.88. The topological polar surface area (TPSA) is 61.4 Å². The Balaban J connectivity index is 1.43. The molecule has 150 valence electrons. The fourth-order valence-electron chi connectivity index (χ4n) is 3.28. The lowest BCUT2D eigenvalue weighted by Crippen LogP contribution is -2.49. The number of nitrogens with one attached hydrogen (secondary N) is 1. The van der Waals surface area contributed by atoms with Crippen molar-refractivity contribution in [3.63, 3.8) is 0 Å². The predicted octanol–water partition coefficient (Wildman–Crippen LogP) is 4.62. The first-order valence-corrected chi connectivity index (χ1v) is 11.1. The number of piperazine rings is 1. The fraction of sp³-hybridized carbons (Fsp3) is 0.286. The van der Waals surface area contributed by atoms with Gasteiger partial charge in [0.15, 0.2) is 0 Å². The van der Waals surface area contributed by atoms with Gasteiger partial charge >= 0.3 is 0 Å². The van der Waals surface area contributed by atoms with E-state index in [4.69, 9.17) is 0 Å². The molecule has 8 heteroatoms. The van der Waals surface area contributed by atoms with E-state index < -0.39 is 0 Å². The Labute approximate surface area is 182 Å². The summed E-state index contributed by atoms with van der Waals surface area (Å²) < 4.78 is 0.953. The first-order valence-electron chi connectivity index (χ1n) is 9.45. The smallest absolute Gasteiger partial charge is 0.264 e. The Kier molecular flexibility index (Phi) is 5.82. The highest BCUT2D eigenvalue weighted by Crippen LogP contribution is 2.24. The highest BCUT2D eigenvalue weighted by Gasteiger charge is 2.24. The minimum atomic E-state index is 0.0981. The van der Waals surface area contributed by atoms with E-state index in [9.17, 15) is 4.79 Å². The van der Waals surface area contributed by atoms with E-state index in [1.54, 1.807) is 0 Å². The van der Waals surface area contributed by atoms with Gasteiger partial charge in [0.2, 0.25) is 0 Å². The zero-order valence-electron chi connectivity index (χ0n) is 16.4. The summed E-state index contributed by atoms with van der Waals surface area (Å²) in [4.78, 5) is 26.7. The van der Waals surface area contributed by atoms with Crippen LogP contribution >= 0.6 is 27.3 Å². The van der Waals surface area contributed by atoms with Gasteiger partial charge in [-0.1, -0.05) is 17.7 Å². The van der Waals surface area contributed by atoms with Crippen LogP contribution in [0.25, 0.3) is 0 Å². The molecule has 1 fully saturated rings. The van der Waals surface area contributed by atoms with Gasteiger partial charge in [0.05, 0.1) is 4.88 Å². The summed E-state index contributed by atoms with van der Waals surface area (Å²) in [6.45, 7) is 6.82. The lowest BCUT2D eigenvalue weighted by Gasteiger charge is -2.35. The number of aryl methyl sites for hydroxylation is 2. The summed E-state index contributed by atoms with van der Waals surface area (Å²) in [7, 11) is 0. The van der Waals surface area contributed by atoms with Crippen LogP contribution in [0.3, 0.4) is 0 Å². The van der Waals surface area contributed by atoms with Gasteiger partial charge in [0, 0.05) is 47.8 Å². The second kappa shape index (κ2) is 8.51. The third-order valence-electron chi connectivity index (χ3n) is 4.82. The van der Waals surface area contributed by atoms with Crippen molar-refractivity contribution in [2.75, 3.05) is 36.4 Å². The van der Waals surface area contributed by atoms with Crippen LogP contribution in [0.4, 0.5) is 17.3 Å². The minimum absolute atomic E-state index is 0.0981. The number of carbonyl (C=O) groups excluding carboxylic acids is 1. The maximum Gasteiger partial charge on any atom is 0.264 e. The first-order chi connectivity index (χ1) is 14.0. The van der Waals surface area contributed by atoms with Gasteiger partial charge in [0.25, 0.3) is 5.91 Å². The molecule has 6 nitrogen and oxygen atoms in total. The van der Waals surface area contributed by atoms with E-state index in [1.165, 1.54) is 16.9 Å². The van der Waals surface area contributed by atoms with Crippen LogP contribution in [0, 0.1) is 13.8 Å². The number of amides is 1. The molecule has 29 heavy (non-hydrogen) atoms. The summed E-state index contributed by atoms with van der Waals surface area (Å²) in [5, 5.41) is 5.30. The number of hydrogen-bond acceptors (Lipinski definition) is 6. The van der Waals surface area contributed by atoms with E-state index in [0.29, 0.717) is 13.1 Å². The molecule has 1 saturated heterocycles. The van der Waals surface area contributed by atoms with Gasteiger partial charge in [-0.2, -0.15) is 0 Å². The van der Waals surface area contributed by atoms with Crippen molar-refractivity contribution in [1.82, 2.24) is 14.9 Å². The van der Waals surface area contributed by atoms with Crippen molar-refractivity contribution < 1.29 is 4.79 Å². The second-order valence-electron chi connectivity index (χ2n) is 7.06. The van der Waals surface area contributed by atoms with Crippen LogP contribution in [-0.4, -0.2) is 47.0 Å². The minimum Gasteiger partial charge on any atom is -0.353 e. The van der Waals surface area contributed by atoms with E-state index in [0.717, 1.165) is 45.6 Å². The molecule has 4 rings (SSSR count). The molecule has 3 heterocycles.